The van der Waals surface area contributed by atoms with Crippen molar-refractivity contribution >= 4 is 29.1 Å². The van der Waals surface area contributed by atoms with Gasteiger partial charge in [0.2, 0.25) is 0 Å². The highest BCUT2D eigenvalue weighted by atomic mass is 35.5. The van der Waals surface area contributed by atoms with Gasteiger partial charge in [-0.15, -0.1) is 0 Å². The number of nitrogens with one attached hydrogen (secondary N) is 2. The Kier molecular flexibility index (Phi) is 3.97. The zero-order valence-corrected chi connectivity index (χ0v) is 10.7. The number of rotatable bonds is 5. The van der Waals surface area contributed by atoms with Crippen LogP contribution in [0, 0.1) is 5.92 Å². The number of hydrogen-bond donors (Lipinski definition) is 3. The summed E-state index contributed by atoms with van der Waals surface area (Å²) in [6.07, 6.45) is 2.80. The quantitative estimate of drug-likeness (QED) is 0.772. The average Bonchev–Trinajstić information content (AvgIpc) is 3.06. The molecule has 1 aliphatic carbocycles. The Hall–Kier alpha value is -0.710. The summed E-state index contributed by atoms with van der Waals surface area (Å²) in [5.74, 6) is 0.260. The van der Waals surface area contributed by atoms with Crippen LogP contribution in [0.25, 0.3) is 0 Å². The molecule has 1 aromatic rings. The number of hydrogen-bond acceptors (Lipinski definition) is 2. The number of aromatic amines is 1. The van der Waals surface area contributed by atoms with Crippen molar-refractivity contribution in [1.29, 1.82) is 0 Å². The van der Waals surface area contributed by atoms with E-state index in [2.05, 4.69) is 10.3 Å². The summed E-state index contributed by atoms with van der Waals surface area (Å²) in [5, 5.41) is 12.4. The Morgan fingerprint density at radius 2 is 2.29 bits per heavy atom. The highest BCUT2D eigenvalue weighted by Gasteiger charge is 2.32. The zero-order valence-electron chi connectivity index (χ0n) is 9.17. The minimum Gasteiger partial charge on any atom is -0.396 e. The molecule has 1 saturated carbocycles. The van der Waals surface area contributed by atoms with Crippen LogP contribution in [-0.2, 0) is 0 Å². The minimum absolute atomic E-state index is 0.0355. The van der Waals surface area contributed by atoms with Crippen molar-refractivity contribution in [2.24, 2.45) is 5.92 Å². The van der Waals surface area contributed by atoms with Crippen molar-refractivity contribution in [3.05, 3.63) is 21.9 Å². The molecule has 0 saturated heterocycles. The maximum Gasteiger partial charge on any atom is 0.268 e. The zero-order chi connectivity index (χ0) is 12.4. The number of carbonyl (C=O) groups is 1. The third-order valence-corrected chi connectivity index (χ3v) is 3.61. The van der Waals surface area contributed by atoms with Crippen LogP contribution in [0.2, 0.25) is 10.2 Å². The number of halogens is 2. The monoisotopic (exact) mass is 276 g/mol. The van der Waals surface area contributed by atoms with E-state index in [0.717, 1.165) is 12.8 Å². The van der Waals surface area contributed by atoms with Gasteiger partial charge in [0.1, 0.15) is 10.8 Å². The van der Waals surface area contributed by atoms with E-state index >= 15 is 0 Å². The number of aliphatic hydroxyl groups is 1. The van der Waals surface area contributed by atoms with Gasteiger partial charge in [-0.1, -0.05) is 23.2 Å². The van der Waals surface area contributed by atoms with Crippen LogP contribution in [0.1, 0.15) is 29.8 Å². The van der Waals surface area contributed by atoms with Gasteiger partial charge in [-0.2, -0.15) is 0 Å². The summed E-state index contributed by atoms with van der Waals surface area (Å²) in [5.41, 5.74) is 0.351. The SMILES string of the molecule is O=C(NC(CCO)C1CC1)c1cc(Cl)c(Cl)[nH]1. The largest absolute Gasteiger partial charge is 0.396 e. The van der Waals surface area contributed by atoms with Gasteiger partial charge in [-0.05, 0) is 31.2 Å². The fourth-order valence-electron chi connectivity index (χ4n) is 1.84. The third kappa shape index (κ3) is 3.15. The summed E-state index contributed by atoms with van der Waals surface area (Å²) in [4.78, 5) is 14.6. The van der Waals surface area contributed by atoms with Gasteiger partial charge in [0.15, 0.2) is 0 Å². The van der Waals surface area contributed by atoms with Crippen molar-refractivity contribution in [1.82, 2.24) is 10.3 Å². The Balaban J connectivity index is 1.99. The van der Waals surface area contributed by atoms with Gasteiger partial charge in [0, 0.05) is 12.6 Å². The lowest BCUT2D eigenvalue weighted by Crippen LogP contribution is -2.37. The first kappa shape index (κ1) is 12.7. The second-order valence-corrected chi connectivity index (χ2v) is 5.06. The molecule has 2 rings (SSSR count). The lowest BCUT2D eigenvalue weighted by atomic mass is 10.1. The molecule has 1 aromatic heterocycles. The van der Waals surface area contributed by atoms with Gasteiger partial charge in [0.05, 0.1) is 5.02 Å². The lowest BCUT2D eigenvalue weighted by Gasteiger charge is -2.16. The number of amides is 1. The van der Waals surface area contributed by atoms with E-state index in [1.165, 1.54) is 6.07 Å². The summed E-state index contributed by atoms with van der Waals surface area (Å²) >= 11 is 11.5. The van der Waals surface area contributed by atoms with Crippen molar-refractivity contribution < 1.29 is 9.90 Å². The van der Waals surface area contributed by atoms with Gasteiger partial charge < -0.3 is 15.4 Å². The molecular weight excluding hydrogens is 263 g/mol. The number of H-pyrrole nitrogens is 1. The molecule has 1 unspecified atom stereocenters. The van der Waals surface area contributed by atoms with E-state index in [1.54, 1.807) is 0 Å². The van der Waals surface area contributed by atoms with Gasteiger partial charge in [-0.3, -0.25) is 4.79 Å². The molecule has 4 nitrogen and oxygen atoms in total. The molecule has 3 N–H and O–H groups in total. The predicted molar refractivity (Wildman–Crippen MR) is 66.5 cm³/mol. The highest BCUT2D eigenvalue weighted by molar-refractivity contribution is 6.41. The standard InChI is InChI=1S/C11H14Cl2N2O2/c12-7-5-9(14-10(7)13)11(17)15-8(3-4-16)6-1-2-6/h5-6,8,14,16H,1-4H2,(H,15,17). The molecule has 1 heterocycles. The minimum atomic E-state index is -0.232. The molecule has 17 heavy (non-hydrogen) atoms. The molecule has 1 amide bonds. The maximum absolute atomic E-state index is 11.9. The van der Waals surface area contributed by atoms with E-state index in [9.17, 15) is 4.79 Å². The van der Waals surface area contributed by atoms with E-state index in [-0.39, 0.29) is 23.7 Å². The summed E-state index contributed by atoms with van der Waals surface area (Å²) in [6.45, 7) is 0.0771. The molecule has 1 aliphatic rings. The third-order valence-electron chi connectivity index (χ3n) is 2.92. The Bertz CT molecular complexity index is 396. The van der Waals surface area contributed by atoms with Crippen molar-refractivity contribution in [2.75, 3.05) is 6.61 Å². The molecule has 0 aliphatic heterocycles. The van der Waals surface area contributed by atoms with Crippen LogP contribution in [0.5, 0.6) is 0 Å². The molecular formula is C11H14Cl2N2O2. The Labute approximate surface area is 109 Å². The van der Waals surface area contributed by atoms with Crippen molar-refractivity contribution in [2.45, 2.75) is 25.3 Å². The number of aliphatic hydroxyl groups excluding tert-OH is 1. The first-order valence-corrected chi connectivity index (χ1v) is 6.33. The van der Waals surface area contributed by atoms with E-state index in [0.29, 0.717) is 23.1 Å². The van der Waals surface area contributed by atoms with Crippen molar-refractivity contribution in [3.63, 3.8) is 0 Å². The topological polar surface area (TPSA) is 65.1 Å². The molecule has 1 atom stereocenters. The van der Waals surface area contributed by atoms with Crippen LogP contribution in [0.15, 0.2) is 6.07 Å². The van der Waals surface area contributed by atoms with Gasteiger partial charge in [-0.25, -0.2) is 0 Å². The summed E-state index contributed by atoms with van der Waals surface area (Å²) < 4.78 is 0. The second-order valence-electron chi connectivity index (χ2n) is 4.27. The molecule has 1 fully saturated rings. The van der Waals surface area contributed by atoms with E-state index < -0.39 is 0 Å². The molecule has 6 heteroatoms. The van der Waals surface area contributed by atoms with Crippen LogP contribution in [0.4, 0.5) is 0 Å². The first-order chi connectivity index (χ1) is 8.11. The second kappa shape index (κ2) is 5.29. The normalized spacial score (nSPS) is 16.9. The maximum atomic E-state index is 11.9. The van der Waals surface area contributed by atoms with E-state index in [1.807, 2.05) is 0 Å². The Morgan fingerprint density at radius 1 is 1.59 bits per heavy atom. The fourth-order valence-corrected chi connectivity index (χ4v) is 2.15. The predicted octanol–water partition coefficient (Wildman–Crippen LogP) is 2.21. The van der Waals surface area contributed by atoms with Crippen LogP contribution >= 0.6 is 23.2 Å². The summed E-state index contributed by atoms with van der Waals surface area (Å²) in [7, 11) is 0. The average molecular weight is 277 g/mol. The highest BCUT2D eigenvalue weighted by Crippen LogP contribution is 2.34. The first-order valence-electron chi connectivity index (χ1n) is 5.57. The summed E-state index contributed by atoms with van der Waals surface area (Å²) in [6, 6.07) is 1.54. The molecule has 94 valence electrons. The smallest absolute Gasteiger partial charge is 0.268 e. The van der Waals surface area contributed by atoms with Gasteiger partial charge >= 0.3 is 0 Å². The van der Waals surface area contributed by atoms with E-state index in [4.69, 9.17) is 28.3 Å². The molecule has 0 bridgehead atoms. The van der Waals surface area contributed by atoms with Gasteiger partial charge in [0.25, 0.3) is 5.91 Å². The number of carbonyl (C=O) groups excluding carboxylic acids is 1. The number of aromatic nitrogens is 1. The van der Waals surface area contributed by atoms with Crippen LogP contribution in [0.3, 0.4) is 0 Å². The molecule has 0 radical (unpaired) electrons. The van der Waals surface area contributed by atoms with Crippen LogP contribution < -0.4 is 5.32 Å². The molecule has 0 aromatic carbocycles. The van der Waals surface area contributed by atoms with Crippen LogP contribution in [-0.4, -0.2) is 28.6 Å². The molecule has 0 spiro atoms. The van der Waals surface area contributed by atoms with Crippen molar-refractivity contribution in [3.8, 4) is 0 Å². The lowest BCUT2D eigenvalue weighted by molar-refractivity contribution is 0.0920. The Morgan fingerprint density at radius 3 is 2.76 bits per heavy atom. The fraction of sp³-hybridized carbons (Fsp3) is 0.545.